The van der Waals surface area contributed by atoms with Gasteiger partial charge in [-0.15, -0.1) is 0 Å². The molecular formula is C14H15NO3. The monoisotopic (exact) mass is 245 g/mol. The number of fused-ring (bicyclic) bond motifs is 1. The molecule has 1 N–H and O–H groups in total. The van der Waals surface area contributed by atoms with Gasteiger partial charge in [0.15, 0.2) is 0 Å². The minimum atomic E-state index is -0.864. The van der Waals surface area contributed by atoms with E-state index >= 15 is 0 Å². The van der Waals surface area contributed by atoms with Crippen LogP contribution < -0.4 is 0 Å². The Kier molecular flexibility index (Phi) is 2.58. The summed E-state index contributed by atoms with van der Waals surface area (Å²) in [4.78, 5) is 24.7. The van der Waals surface area contributed by atoms with Crippen molar-refractivity contribution in [3.05, 3.63) is 35.4 Å². The number of hydrogen-bond donors (Lipinski definition) is 1. The minimum Gasteiger partial charge on any atom is -0.481 e. The third kappa shape index (κ3) is 1.68. The molecule has 1 aromatic carbocycles. The Balaban J connectivity index is 1.85. The van der Waals surface area contributed by atoms with Gasteiger partial charge in [0.1, 0.15) is 0 Å². The van der Waals surface area contributed by atoms with Crippen LogP contribution in [0.25, 0.3) is 0 Å². The van der Waals surface area contributed by atoms with E-state index in [-0.39, 0.29) is 18.4 Å². The number of amides is 1. The van der Waals surface area contributed by atoms with Crippen molar-refractivity contribution in [1.29, 1.82) is 0 Å². The molecule has 0 aromatic heterocycles. The number of carboxylic acid groups (broad SMARTS) is 1. The van der Waals surface area contributed by atoms with Gasteiger partial charge >= 0.3 is 5.97 Å². The summed E-state index contributed by atoms with van der Waals surface area (Å²) < 4.78 is 0. The Morgan fingerprint density at radius 2 is 2.11 bits per heavy atom. The molecule has 1 saturated heterocycles. The Bertz CT molecular complexity index is 512. The van der Waals surface area contributed by atoms with E-state index in [1.54, 1.807) is 4.90 Å². The van der Waals surface area contributed by atoms with Gasteiger partial charge in [0.2, 0.25) is 5.91 Å². The Morgan fingerprint density at radius 1 is 1.33 bits per heavy atom. The first-order valence-corrected chi connectivity index (χ1v) is 6.27. The average molecular weight is 245 g/mol. The van der Waals surface area contributed by atoms with Crippen LogP contribution in [0.15, 0.2) is 24.3 Å². The Morgan fingerprint density at radius 3 is 2.83 bits per heavy atom. The van der Waals surface area contributed by atoms with E-state index in [4.69, 9.17) is 5.11 Å². The third-order valence-corrected chi connectivity index (χ3v) is 3.99. The molecule has 18 heavy (non-hydrogen) atoms. The lowest BCUT2D eigenvalue weighted by atomic mass is 10.1. The summed E-state index contributed by atoms with van der Waals surface area (Å²) in [5.41, 5.74) is 2.48. The molecule has 2 aliphatic rings. The highest BCUT2D eigenvalue weighted by Crippen LogP contribution is 2.38. The largest absolute Gasteiger partial charge is 0.481 e. The molecule has 3 rings (SSSR count). The van der Waals surface area contributed by atoms with Crippen molar-refractivity contribution < 1.29 is 14.7 Å². The zero-order valence-electron chi connectivity index (χ0n) is 10.0. The van der Waals surface area contributed by atoms with E-state index in [1.807, 2.05) is 18.2 Å². The number of carbonyl (C=O) groups is 2. The molecule has 1 aliphatic heterocycles. The molecule has 1 amide bonds. The van der Waals surface area contributed by atoms with Gasteiger partial charge < -0.3 is 10.0 Å². The molecule has 1 heterocycles. The van der Waals surface area contributed by atoms with Crippen LogP contribution >= 0.6 is 0 Å². The van der Waals surface area contributed by atoms with Crippen molar-refractivity contribution in [3.8, 4) is 0 Å². The highest BCUT2D eigenvalue weighted by molar-refractivity contribution is 5.86. The van der Waals surface area contributed by atoms with E-state index in [0.717, 1.165) is 12.8 Å². The molecule has 0 radical (unpaired) electrons. The Hall–Kier alpha value is -1.84. The molecule has 0 unspecified atom stereocenters. The van der Waals surface area contributed by atoms with E-state index in [2.05, 4.69) is 6.07 Å². The highest BCUT2D eigenvalue weighted by atomic mass is 16.4. The number of nitrogens with zero attached hydrogens (tertiary/aromatic N) is 1. The molecule has 0 saturated carbocycles. The predicted molar refractivity (Wildman–Crippen MR) is 65.0 cm³/mol. The van der Waals surface area contributed by atoms with Crippen LogP contribution in [-0.4, -0.2) is 28.4 Å². The standard InChI is InChI=1S/C14H15NO3/c16-13-7-10(14(17)18)8-15(13)12-6-5-9-3-1-2-4-11(9)12/h1-4,10,12H,5-8H2,(H,17,18)/t10-,12+/m1/s1. The number of benzene rings is 1. The molecule has 1 fully saturated rings. The van der Waals surface area contributed by atoms with Gasteiger partial charge in [0.05, 0.1) is 12.0 Å². The normalized spacial score (nSPS) is 26.4. The van der Waals surface area contributed by atoms with Gasteiger partial charge in [-0.05, 0) is 24.0 Å². The summed E-state index contributed by atoms with van der Waals surface area (Å²) in [5.74, 6) is -1.42. The van der Waals surface area contributed by atoms with Crippen molar-refractivity contribution in [2.24, 2.45) is 5.92 Å². The van der Waals surface area contributed by atoms with Crippen molar-refractivity contribution in [2.45, 2.75) is 25.3 Å². The van der Waals surface area contributed by atoms with Gasteiger partial charge in [-0.25, -0.2) is 0 Å². The predicted octanol–water partition coefficient (Wildman–Crippen LogP) is 1.61. The molecule has 2 atom stereocenters. The average Bonchev–Trinajstić information content (AvgIpc) is 2.92. The summed E-state index contributed by atoms with van der Waals surface area (Å²) >= 11 is 0. The first-order chi connectivity index (χ1) is 8.66. The Labute approximate surface area is 105 Å². The van der Waals surface area contributed by atoms with Crippen LogP contribution in [-0.2, 0) is 16.0 Å². The first kappa shape index (κ1) is 11.3. The van der Waals surface area contributed by atoms with Gasteiger partial charge in [0.25, 0.3) is 0 Å². The smallest absolute Gasteiger partial charge is 0.308 e. The van der Waals surface area contributed by atoms with E-state index in [9.17, 15) is 9.59 Å². The fraction of sp³-hybridized carbons (Fsp3) is 0.429. The van der Waals surface area contributed by atoms with Crippen LogP contribution in [0.1, 0.15) is 30.0 Å². The van der Waals surface area contributed by atoms with Crippen molar-refractivity contribution >= 4 is 11.9 Å². The summed E-state index contributed by atoms with van der Waals surface area (Å²) in [6, 6.07) is 8.20. The lowest BCUT2D eigenvalue weighted by Gasteiger charge is -2.25. The first-order valence-electron chi connectivity index (χ1n) is 6.27. The fourth-order valence-electron chi connectivity index (χ4n) is 3.06. The van der Waals surface area contributed by atoms with Gasteiger partial charge in [-0.1, -0.05) is 24.3 Å². The van der Waals surface area contributed by atoms with Crippen LogP contribution in [0, 0.1) is 5.92 Å². The summed E-state index contributed by atoms with van der Waals surface area (Å²) in [5, 5.41) is 9.01. The lowest BCUT2D eigenvalue weighted by molar-refractivity contribution is -0.141. The number of likely N-dealkylation sites (tertiary alicyclic amines) is 1. The number of rotatable bonds is 2. The van der Waals surface area contributed by atoms with Crippen molar-refractivity contribution in [2.75, 3.05) is 6.54 Å². The number of carbonyl (C=O) groups excluding carboxylic acids is 1. The van der Waals surface area contributed by atoms with Gasteiger partial charge in [-0.3, -0.25) is 9.59 Å². The molecular weight excluding hydrogens is 230 g/mol. The second-order valence-electron chi connectivity index (χ2n) is 5.04. The molecule has 1 aromatic rings. The third-order valence-electron chi connectivity index (χ3n) is 3.99. The van der Waals surface area contributed by atoms with Gasteiger partial charge in [-0.2, -0.15) is 0 Å². The molecule has 94 valence electrons. The zero-order chi connectivity index (χ0) is 12.7. The topological polar surface area (TPSA) is 57.6 Å². The van der Waals surface area contributed by atoms with Gasteiger partial charge in [0, 0.05) is 13.0 Å². The molecule has 1 aliphatic carbocycles. The second-order valence-corrected chi connectivity index (χ2v) is 5.04. The maximum Gasteiger partial charge on any atom is 0.308 e. The number of aryl methyl sites for hydroxylation is 1. The lowest BCUT2D eigenvalue weighted by Crippen LogP contribution is -2.29. The number of hydrogen-bond acceptors (Lipinski definition) is 2. The zero-order valence-corrected chi connectivity index (χ0v) is 10.0. The molecule has 0 bridgehead atoms. The highest BCUT2D eigenvalue weighted by Gasteiger charge is 2.40. The van der Waals surface area contributed by atoms with E-state index in [1.165, 1.54) is 11.1 Å². The van der Waals surface area contributed by atoms with Crippen LogP contribution in [0.5, 0.6) is 0 Å². The van der Waals surface area contributed by atoms with Crippen molar-refractivity contribution in [3.63, 3.8) is 0 Å². The minimum absolute atomic E-state index is 0.0240. The maximum atomic E-state index is 11.9. The maximum absolute atomic E-state index is 11.9. The van der Waals surface area contributed by atoms with Crippen LogP contribution in [0.3, 0.4) is 0 Å². The molecule has 4 nitrogen and oxygen atoms in total. The molecule has 4 heteroatoms. The van der Waals surface area contributed by atoms with E-state index < -0.39 is 11.9 Å². The summed E-state index contributed by atoms with van der Waals surface area (Å²) in [6.45, 7) is 0.354. The summed E-state index contributed by atoms with van der Waals surface area (Å²) in [6.07, 6.45) is 2.04. The molecule has 0 spiro atoms. The van der Waals surface area contributed by atoms with Crippen molar-refractivity contribution in [1.82, 2.24) is 4.90 Å². The van der Waals surface area contributed by atoms with Crippen LogP contribution in [0.4, 0.5) is 0 Å². The SMILES string of the molecule is O=C(O)[C@@H]1CC(=O)N([C@H]2CCc3ccccc32)C1. The number of aliphatic carboxylic acids is 1. The fourth-order valence-corrected chi connectivity index (χ4v) is 3.06. The summed E-state index contributed by atoms with van der Waals surface area (Å²) in [7, 11) is 0. The van der Waals surface area contributed by atoms with E-state index in [0.29, 0.717) is 6.54 Å². The quantitative estimate of drug-likeness (QED) is 0.861. The second kappa shape index (κ2) is 4.12. The number of carboxylic acids is 1. The van der Waals surface area contributed by atoms with Crippen LogP contribution in [0.2, 0.25) is 0 Å².